The van der Waals surface area contributed by atoms with Crippen molar-refractivity contribution in [2.24, 2.45) is 0 Å². The standard InChI is InChI=1S/C32H32ClN5OS/c1-24-12-14-28(15-13-24)34-31(39)27-11-5-9-26(21-27)23-40-32-35-29(33)22-30(36-32)38-19-17-37(18-20-38)16-6-10-25-7-3-2-4-8-25/h2-15,21-22H,16-20,23H2,1H3,(H,34,39). The quantitative estimate of drug-likeness (QED) is 0.136. The van der Waals surface area contributed by atoms with Gasteiger partial charge in [0.05, 0.1) is 0 Å². The number of amides is 1. The maximum absolute atomic E-state index is 12.8. The number of piperazine rings is 1. The molecule has 204 valence electrons. The van der Waals surface area contributed by atoms with E-state index in [4.69, 9.17) is 16.6 Å². The Morgan fingerprint density at radius 1 is 0.950 bits per heavy atom. The molecule has 0 aliphatic carbocycles. The van der Waals surface area contributed by atoms with Crippen molar-refractivity contribution in [3.05, 3.63) is 118 Å². The van der Waals surface area contributed by atoms with Crippen molar-refractivity contribution in [3.63, 3.8) is 0 Å². The first-order valence-electron chi connectivity index (χ1n) is 13.3. The molecule has 0 atom stereocenters. The molecule has 5 rings (SSSR count). The van der Waals surface area contributed by atoms with E-state index >= 15 is 0 Å². The molecule has 1 N–H and O–H groups in total. The zero-order valence-electron chi connectivity index (χ0n) is 22.5. The molecular formula is C32H32ClN5OS. The van der Waals surface area contributed by atoms with Gasteiger partial charge in [-0.2, -0.15) is 0 Å². The van der Waals surface area contributed by atoms with Gasteiger partial charge in [-0.1, -0.05) is 95.7 Å². The van der Waals surface area contributed by atoms with Gasteiger partial charge in [-0.05, 0) is 42.3 Å². The van der Waals surface area contributed by atoms with Crippen LogP contribution in [-0.4, -0.2) is 53.5 Å². The highest BCUT2D eigenvalue weighted by molar-refractivity contribution is 7.98. The average molecular weight is 570 g/mol. The second-order valence-electron chi connectivity index (χ2n) is 9.74. The molecule has 0 spiro atoms. The first-order chi connectivity index (χ1) is 19.5. The Morgan fingerprint density at radius 2 is 1.73 bits per heavy atom. The van der Waals surface area contributed by atoms with E-state index in [9.17, 15) is 4.79 Å². The normalized spacial score (nSPS) is 14.0. The number of hydrogen-bond acceptors (Lipinski definition) is 6. The third-order valence-corrected chi connectivity index (χ3v) is 7.81. The summed E-state index contributed by atoms with van der Waals surface area (Å²) < 4.78 is 0. The summed E-state index contributed by atoms with van der Waals surface area (Å²) in [7, 11) is 0. The van der Waals surface area contributed by atoms with Crippen LogP contribution < -0.4 is 10.2 Å². The summed E-state index contributed by atoms with van der Waals surface area (Å²) in [6.45, 7) is 6.63. The predicted molar refractivity (Wildman–Crippen MR) is 166 cm³/mol. The fraction of sp³-hybridized carbons (Fsp3) is 0.219. The van der Waals surface area contributed by atoms with Crippen molar-refractivity contribution >= 4 is 46.9 Å². The number of rotatable bonds is 9. The highest BCUT2D eigenvalue weighted by Crippen LogP contribution is 2.26. The van der Waals surface area contributed by atoms with Crippen LogP contribution in [0.3, 0.4) is 0 Å². The highest BCUT2D eigenvalue weighted by Gasteiger charge is 2.19. The van der Waals surface area contributed by atoms with Crippen LogP contribution in [0.25, 0.3) is 6.08 Å². The number of halogens is 1. The Hall–Kier alpha value is -3.65. The number of aryl methyl sites for hydroxylation is 1. The first-order valence-corrected chi connectivity index (χ1v) is 14.7. The Bertz CT molecular complexity index is 1450. The number of anilines is 2. The van der Waals surface area contributed by atoms with E-state index in [1.165, 1.54) is 17.3 Å². The Morgan fingerprint density at radius 3 is 2.50 bits per heavy atom. The summed E-state index contributed by atoms with van der Waals surface area (Å²) in [5.41, 5.74) is 4.78. The Kier molecular flexibility index (Phi) is 9.50. The van der Waals surface area contributed by atoms with E-state index in [0.29, 0.717) is 21.6 Å². The van der Waals surface area contributed by atoms with E-state index in [-0.39, 0.29) is 5.91 Å². The lowest BCUT2D eigenvalue weighted by molar-refractivity contribution is 0.102. The van der Waals surface area contributed by atoms with Crippen LogP contribution in [0, 0.1) is 6.92 Å². The molecular weight excluding hydrogens is 538 g/mol. The van der Waals surface area contributed by atoms with Crippen molar-refractivity contribution < 1.29 is 4.79 Å². The number of carbonyl (C=O) groups excluding carboxylic acids is 1. The highest BCUT2D eigenvalue weighted by atomic mass is 35.5. The lowest BCUT2D eigenvalue weighted by Crippen LogP contribution is -2.46. The summed E-state index contributed by atoms with van der Waals surface area (Å²) in [4.78, 5) is 26.7. The molecule has 1 amide bonds. The minimum Gasteiger partial charge on any atom is -0.354 e. The van der Waals surface area contributed by atoms with Gasteiger partial charge in [0.25, 0.3) is 5.91 Å². The number of benzene rings is 3. The summed E-state index contributed by atoms with van der Waals surface area (Å²) in [5.74, 6) is 1.35. The molecule has 1 aromatic heterocycles. The van der Waals surface area contributed by atoms with E-state index in [2.05, 4.69) is 56.5 Å². The molecule has 4 aromatic rings. The van der Waals surface area contributed by atoms with Gasteiger partial charge in [0, 0.05) is 55.8 Å². The topological polar surface area (TPSA) is 61.4 Å². The summed E-state index contributed by atoms with van der Waals surface area (Å²) in [6, 6.07) is 27.6. The molecule has 1 saturated heterocycles. The lowest BCUT2D eigenvalue weighted by atomic mass is 10.1. The SMILES string of the molecule is Cc1ccc(NC(=O)c2cccc(CSc3nc(Cl)cc(N4CCN(CC=Cc5ccccc5)CC4)n3)c2)cc1. The summed E-state index contributed by atoms with van der Waals surface area (Å²) >= 11 is 7.91. The monoisotopic (exact) mass is 569 g/mol. The number of nitrogens with one attached hydrogen (secondary N) is 1. The number of thioether (sulfide) groups is 1. The molecule has 6 nitrogen and oxygen atoms in total. The van der Waals surface area contributed by atoms with Gasteiger partial charge in [0.15, 0.2) is 5.16 Å². The summed E-state index contributed by atoms with van der Waals surface area (Å²) in [6.07, 6.45) is 4.40. The second-order valence-corrected chi connectivity index (χ2v) is 11.1. The van der Waals surface area contributed by atoms with Gasteiger partial charge in [-0.15, -0.1) is 0 Å². The molecule has 1 aliphatic heterocycles. The van der Waals surface area contributed by atoms with Crippen molar-refractivity contribution in [1.29, 1.82) is 0 Å². The first kappa shape index (κ1) is 27.9. The molecule has 0 bridgehead atoms. The van der Waals surface area contributed by atoms with Gasteiger partial charge in [0.1, 0.15) is 11.0 Å². The van der Waals surface area contributed by atoms with Crippen molar-refractivity contribution in [1.82, 2.24) is 14.9 Å². The van der Waals surface area contributed by atoms with Crippen molar-refractivity contribution in [2.45, 2.75) is 17.8 Å². The zero-order valence-corrected chi connectivity index (χ0v) is 24.0. The fourth-order valence-corrected chi connectivity index (χ4v) is 5.49. The van der Waals surface area contributed by atoms with Crippen LogP contribution in [-0.2, 0) is 5.75 Å². The zero-order chi connectivity index (χ0) is 27.7. The van der Waals surface area contributed by atoms with Crippen LogP contribution in [0.4, 0.5) is 11.5 Å². The molecule has 2 heterocycles. The minimum absolute atomic E-state index is 0.133. The molecule has 0 saturated carbocycles. The second kappa shape index (κ2) is 13.6. The van der Waals surface area contributed by atoms with E-state index in [1.807, 2.05) is 67.6 Å². The Balaban J connectivity index is 1.14. The minimum atomic E-state index is -0.133. The maximum Gasteiger partial charge on any atom is 0.255 e. The predicted octanol–water partition coefficient (Wildman–Crippen LogP) is 6.82. The molecule has 1 fully saturated rings. The van der Waals surface area contributed by atoms with Crippen LogP contribution in [0.2, 0.25) is 5.15 Å². The Labute approximate surface area is 245 Å². The third-order valence-electron chi connectivity index (χ3n) is 6.70. The number of hydrogen-bond donors (Lipinski definition) is 1. The number of carbonyl (C=O) groups is 1. The third kappa shape index (κ3) is 7.94. The molecule has 3 aromatic carbocycles. The molecule has 8 heteroatoms. The van der Waals surface area contributed by atoms with Crippen LogP contribution in [0.1, 0.15) is 27.0 Å². The van der Waals surface area contributed by atoms with Gasteiger partial charge in [-0.25, -0.2) is 9.97 Å². The fourth-order valence-electron chi connectivity index (χ4n) is 4.46. The van der Waals surface area contributed by atoms with E-state index in [1.54, 1.807) is 0 Å². The van der Waals surface area contributed by atoms with Gasteiger partial charge >= 0.3 is 0 Å². The van der Waals surface area contributed by atoms with Gasteiger partial charge in [0.2, 0.25) is 0 Å². The van der Waals surface area contributed by atoms with Gasteiger partial charge < -0.3 is 10.2 Å². The largest absolute Gasteiger partial charge is 0.354 e. The van der Waals surface area contributed by atoms with E-state index < -0.39 is 0 Å². The van der Waals surface area contributed by atoms with Crippen LogP contribution in [0.15, 0.2) is 96.2 Å². The smallest absolute Gasteiger partial charge is 0.255 e. The molecule has 0 unspecified atom stereocenters. The maximum atomic E-state index is 12.8. The van der Waals surface area contributed by atoms with Crippen LogP contribution >= 0.6 is 23.4 Å². The molecule has 0 radical (unpaired) electrons. The molecule has 1 aliphatic rings. The number of nitrogens with zero attached hydrogens (tertiary/aromatic N) is 4. The number of aromatic nitrogens is 2. The van der Waals surface area contributed by atoms with Crippen LogP contribution in [0.5, 0.6) is 0 Å². The summed E-state index contributed by atoms with van der Waals surface area (Å²) in [5, 5.41) is 4.03. The average Bonchev–Trinajstić information content (AvgIpc) is 2.98. The van der Waals surface area contributed by atoms with Gasteiger partial charge in [-0.3, -0.25) is 9.69 Å². The van der Waals surface area contributed by atoms with Crippen molar-refractivity contribution in [3.8, 4) is 0 Å². The molecule has 40 heavy (non-hydrogen) atoms. The van der Waals surface area contributed by atoms with E-state index in [0.717, 1.165) is 55.4 Å². The van der Waals surface area contributed by atoms with Crippen molar-refractivity contribution in [2.75, 3.05) is 42.9 Å². The lowest BCUT2D eigenvalue weighted by Gasteiger charge is -2.35.